The molecule has 0 radical (unpaired) electrons. The van der Waals surface area contributed by atoms with E-state index in [0.29, 0.717) is 0 Å². The lowest BCUT2D eigenvalue weighted by Crippen LogP contribution is -2.32. The third kappa shape index (κ3) is 4.11. The molecule has 1 aliphatic heterocycles. The summed E-state index contributed by atoms with van der Waals surface area (Å²) < 4.78 is 0. The molecule has 0 bridgehead atoms. The molecule has 136 valence electrons. The van der Waals surface area contributed by atoms with Crippen LogP contribution in [-0.4, -0.2) is 30.0 Å². The second kappa shape index (κ2) is 7.86. The zero-order valence-corrected chi connectivity index (χ0v) is 14.6. The first kappa shape index (κ1) is 17.7. The molecule has 3 rings (SSSR count). The number of hydrogen-bond acceptors (Lipinski definition) is 5. The molecule has 1 fully saturated rings. The monoisotopic (exact) mass is 354 g/mol. The van der Waals surface area contributed by atoms with Crippen LogP contribution in [0, 0.1) is 10.1 Å². The van der Waals surface area contributed by atoms with E-state index < -0.39 is 11.0 Å². The van der Waals surface area contributed by atoms with Crippen LogP contribution in [0.3, 0.4) is 0 Å². The fraction of sp³-hybridized carbons (Fsp3) is 0.316. The standard InChI is InChI=1S/C19H22N4O3/c1-14(19(24)21-17-6-2-3-7-18(17)23(25)26)20-15-8-10-16(11-9-15)22-12-4-5-13-22/h2-3,6-11,14,20H,4-5,12-13H2,1H3,(H,21,24)/t14-/m0/s1. The Labute approximate surface area is 152 Å². The van der Waals surface area contributed by atoms with Gasteiger partial charge in [-0.3, -0.25) is 14.9 Å². The number of nitrogens with one attached hydrogen (secondary N) is 2. The van der Waals surface area contributed by atoms with Gasteiger partial charge in [-0.05, 0) is 50.1 Å². The van der Waals surface area contributed by atoms with Gasteiger partial charge in [-0.2, -0.15) is 0 Å². The van der Waals surface area contributed by atoms with Gasteiger partial charge in [0, 0.05) is 30.5 Å². The zero-order valence-electron chi connectivity index (χ0n) is 14.6. The van der Waals surface area contributed by atoms with Gasteiger partial charge in [0.2, 0.25) is 5.91 Å². The highest BCUT2D eigenvalue weighted by molar-refractivity contribution is 5.98. The molecule has 0 saturated carbocycles. The smallest absolute Gasteiger partial charge is 0.292 e. The van der Waals surface area contributed by atoms with Gasteiger partial charge in [-0.1, -0.05) is 12.1 Å². The number of carbonyl (C=O) groups excluding carboxylic acids is 1. The van der Waals surface area contributed by atoms with Crippen molar-refractivity contribution in [2.45, 2.75) is 25.8 Å². The lowest BCUT2D eigenvalue weighted by molar-refractivity contribution is -0.383. The molecule has 2 aromatic carbocycles. The van der Waals surface area contributed by atoms with Crippen molar-refractivity contribution in [3.8, 4) is 0 Å². The maximum Gasteiger partial charge on any atom is 0.292 e. The van der Waals surface area contributed by atoms with Crippen LogP contribution in [-0.2, 0) is 4.79 Å². The second-order valence-electron chi connectivity index (χ2n) is 6.37. The molecule has 1 saturated heterocycles. The quantitative estimate of drug-likeness (QED) is 0.611. The number of anilines is 3. The number of rotatable bonds is 6. The van der Waals surface area contributed by atoms with E-state index >= 15 is 0 Å². The third-order valence-corrected chi connectivity index (χ3v) is 4.47. The summed E-state index contributed by atoms with van der Waals surface area (Å²) in [5, 5.41) is 16.8. The molecule has 1 aliphatic rings. The molecular formula is C19H22N4O3. The number of hydrogen-bond donors (Lipinski definition) is 2. The zero-order chi connectivity index (χ0) is 18.5. The predicted octanol–water partition coefficient (Wildman–Crippen LogP) is 3.63. The topological polar surface area (TPSA) is 87.5 Å². The predicted molar refractivity (Wildman–Crippen MR) is 103 cm³/mol. The largest absolute Gasteiger partial charge is 0.374 e. The normalized spacial score (nSPS) is 14.7. The maximum absolute atomic E-state index is 12.4. The van der Waals surface area contributed by atoms with Crippen LogP contribution in [0.4, 0.5) is 22.7 Å². The summed E-state index contributed by atoms with van der Waals surface area (Å²) in [4.78, 5) is 25.2. The molecule has 0 aliphatic carbocycles. The van der Waals surface area contributed by atoms with Crippen molar-refractivity contribution in [1.82, 2.24) is 0 Å². The van der Waals surface area contributed by atoms with Crippen molar-refractivity contribution in [2.24, 2.45) is 0 Å². The summed E-state index contributed by atoms with van der Waals surface area (Å²) in [5.74, 6) is -0.331. The van der Waals surface area contributed by atoms with E-state index in [0.717, 1.165) is 18.8 Å². The van der Waals surface area contributed by atoms with Gasteiger partial charge in [-0.15, -0.1) is 0 Å². The minimum Gasteiger partial charge on any atom is -0.374 e. The molecule has 1 heterocycles. The van der Waals surface area contributed by atoms with Gasteiger partial charge < -0.3 is 15.5 Å². The van der Waals surface area contributed by atoms with Crippen molar-refractivity contribution in [2.75, 3.05) is 28.6 Å². The molecule has 7 nitrogen and oxygen atoms in total. The van der Waals surface area contributed by atoms with Gasteiger partial charge in [0.25, 0.3) is 5.69 Å². The molecule has 26 heavy (non-hydrogen) atoms. The van der Waals surface area contributed by atoms with Crippen LogP contribution in [0.2, 0.25) is 0 Å². The van der Waals surface area contributed by atoms with E-state index in [1.807, 2.05) is 24.3 Å². The minimum atomic E-state index is -0.535. The molecule has 1 atom stereocenters. The van der Waals surface area contributed by atoms with E-state index in [4.69, 9.17) is 0 Å². The SMILES string of the molecule is C[C@H](Nc1ccc(N2CCCC2)cc1)C(=O)Nc1ccccc1[N+](=O)[O-]. The Bertz CT molecular complexity index is 786. The van der Waals surface area contributed by atoms with Crippen LogP contribution in [0.15, 0.2) is 48.5 Å². The van der Waals surface area contributed by atoms with Crippen LogP contribution in [0.1, 0.15) is 19.8 Å². The molecule has 0 unspecified atom stereocenters. The summed E-state index contributed by atoms with van der Waals surface area (Å²) in [6.45, 7) is 3.89. The highest BCUT2D eigenvalue weighted by Gasteiger charge is 2.19. The van der Waals surface area contributed by atoms with Gasteiger partial charge >= 0.3 is 0 Å². The first-order valence-corrected chi connectivity index (χ1v) is 8.70. The van der Waals surface area contributed by atoms with Gasteiger partial charge in [0.05, 0.1) is 4.92 Å². The Morgan fingerprint density at radius 2 is 1.77 bits per heavy atom. The Morgan fingerprint density at radius 3 is 2.42 bits per heavy atom. The number of nitro groups is 1. The van der Waals surface area contributed by atoms with E-state index in [1.165, 1.54) is 30.7 Å². The highest BCUT2D eigenvalue weighted by atomic mass is 16.6. The summed E-state index contributed by atoms with van der Waals surface area (Å²) in [7, 11) is 0. The van der Waals surface area contributed by atoms with Crippen LogP contribution in [0.5, 0.6) is 0 Å². The second-order valence-corrected chi connectivity index (χ2v) is 6.37. The van der Waals surface area contributed by atoms with E-state index in [1.54, 1.807) is 19.1 Å². The molecule has 1 amide bonds. The maximum atomic E-state index is 12.4. The van der Waals surface area contributed by atoms with Gasteiger partial charge in [-0.25, -0.2) is 0 Å². The Morgan fingerprint density at radius 1 is 1.12 bits per heavy atom. The van der Waals surface area contributed by atoms with Crippen molar-refractivity contribution in [3.05, 3.63) is 58.6 Å². The average Bonchev–Trinajstić information content (AvgIpc) is 3.17. The van der Waals surface area contributed by atoms with Gasteiger partial charge in [0.15, 0.2) is 0 Å². The summed E-state index contributed by atoms with van der Waals surface area (Å²) in [6.07, 6.45) is 2.45. The summed E-state index contributed by atoms with van der Waals surface area (Å²) in [5.41, 5.74) is 2.09. The highest BCUT2D eigenvalue weighted by Crippen LogP contribution is 2.24. The molecule has 0 spiro atoms. The lowest BCUT2D eigenvalue weighted by atomic mass is 10.2. The summed E-state index contributed by atoms with van der Waals surface area (Å²) >= 11 is 0. The number of nitrogens with zero attached hydrogens (tertiary/aromatic N) is 2. The van der Waals surface area contributed by atoms with E-state index in [9.17, 15) is 14.9 Å². The van der Waals surface area contributed by atoms with Crippen LogP contribution < -0.4 is 15.5 Å². The van der Waals surface area contributed by atoms with Crippen molar-refractivity contribution in [3.63, 3.8) is 0 Å². The van der Waals surface area contributed by atoms with Crippen molar-refractivity contribution < 1.29 is 9.72 Å². The Hall–Kier alpha value is -3.09. The van der Waals surface area contributed by atoms with Crippen LogP contribution in [0.25, 0.3) is 0 Å². The molecule has 2 N–H and O–H groups in total. The first-order valence-electron chi connectivity index (χ1n) is 8.70. The first-order chi connectivity index (χ1) is 12.5. The third-order valence-electron chi connectivity index (χ3n) is 4.47. The fourth-order valence-corrected chi connectivity index (χ4v) is 3.04. The number of nitro benzene ring substituents is 1. The lowest BCUT2D eigenvalue weighted by Gasteiger charge is -2.19. The molecular weight excluding hydrogens is 332 g/mol. The van der Waals surface area contributed by atoms with E-state index in [2.05, 4.69) is 15.5 Å². The fourth-order valence-electron chi connectivity index (χ4n) is 3.04. The number of amides is 1. The Kier molecular flexibility index (Phi) is 5.36. The summed E-state index contributed by atoms with van der Waals surface area (Å²) in [6, 6.07) is 13.5. The Balaban J connectivity index is 1.61. The molecule has 2 aromatic rings. The molecule has 7 heteroatoms. The van der Waals surface area contributed by atoms with Gasteiger partial charge in [0.1, 0.15) is 11.7 Å². The van der Waals surface area contributed by atoms with E-state index in [-0.39, 0.29) is 17.3 Å². The van der Waals surface area contributed by atoms with Crippen molar-refractivity contribution >= 4 is 28.7 Å². The number of carbonyl (C=O) groups is 1. The van der Waals surface area contributed by atoms with Crippen molar-refractivity contribution in [1.29, 1.82) is 0 Å². The number of para-hydroxylation sites is 2. The minimum absolute atomic E-state index is 0.122. The average molecular weight is 354 g/mol. The number of benzene rings is 2. The van der Waals surface area contributed by atoms with Crippen LogP contribution >= 0.6 is 0 Å². The molecule has 0 aromatic heterocycles.